The molecule has 2 amide bonds. The number of piperidine rings is 1. The van der Waals surface area contributed by atoms with E-state index >= 15 is 0 Å². The first-order chi connectivity index (χ1) is 12.6. The number of aromatic nitrogens is 2. The fraction of sp³-hybridized carbons (Fsp3) is 0.474. The van der Waals surface area contributed by atoms with E-state index in [1.165, 1.54) is 0 Å². The van der Waals surface area contributed by atoms with Crippen molar-refractivity contribution in [3.8, 4) is 5.88 Å². The molecule has 1 aromatic carbocycles. The lowest BCUT2D eigenvalue weighted by atomic mass is 9.92. The van der Waals surface area contributed by atoms with Gasteiger partial charge in [-0.1, -0.05) is 12.1 Å². The second-order valence-corrected chi connectivity index (χ2v) is 6.93. The van der Waals surface area contributed by atoms with Crippen LogP contribution < -0.4 is 10.1 Å². The zero-order valence-corrected chi connectivity index (χ0v) is 14.8. The lowest BCUT2D eigenvalue weighted by molar-refractivity contribution is -0.133. The van der Waals surface area contributed by atoms with Crippen LogP contribution >= 0.6 is 0 Å². The van der Waals surface area contributed by atoms with Crippen molar-refractivity contribution in [2.45, 2.75) is 31.7 Å². The van der Waals surface area contributed by atoms with Gasteiger partial charge in [0.1, 0.15) is 5.69 Å². The molecule has 0 unspecified atom stereocenters. The summed E-state index contributed by atoms with van der Waals surface area (Å²) in [6, 6.07) is 7.72. The van der Waals surface area contributed by atoms with Gasteiger partial charge in [-0.15, -0.1) is 0 Å². The van der Waals surface area contributed by atoms with Crippen LogP contribution in [0.5, 0.6) is 5.88 Å². The number of ether oxygens (including phenoxy) is 1. The van der Waals surface area contributed by atoms with Crippen LogP contribution in [0.1, 0.15) is 25.0 Å². The van der Waals surface area contributed by atoms with E-state index in [4.69, 9.17) is 4.74 Å². The topological polar surface area (TPSA) is 84.4 Å². The van der Waals surface area contributed by atoms with Crippen molar-refractivity contribution in [2.24, 2.45) is 5.92 Å². The number of likely N-dealkylation sites (tertiary alicyclic amines) is 1. The smallest absolute Gasteiger partial charge is 0.235 e. The highest BCUT2D eigenvalue weighted by Gasteiger charge is 2.37. The highest BCUT2D eigenvalue weighted by Crippen LogP contribution is 2.26. The van der Waals surface area contributed by atoms with E-state index in [9.17, 15) is 9.59 Å². The number of aryl methyl sites for hydroxylation is 1. The molecule has 2 aromatic rings. The summed E-state index contributed by atoms with van der Waals surface area (Å²) < 4.78 is 5.35. The van der Waals surface area contributed by atoms with Gasteiger partial charge in [0.15, 0.2) is 0 Å². The first-order valence-corrected chi connectivity index (χ1v) is 9.01. The van der Waals surface area contributed by atoms with Crippen molar-refractivity contribution < 1.29 is 14.3 Å². The quantitative estimate of drug-likeness (QED) is 0.895. The standard InChI is InChI=1S/C19H22N4O3/c1-26-19-15(20-13-4-2-3-5-14(13)22-19)6-7-18(25)23-9-8-12-10-17(24)21-16(12)11-23/h2-5,12,16H,6-11H2,1H3,(H,21,24)/t12-,16-/m1/s1. The van der Waals surface area contributed by atoms with E-state index in [1.54, 1.807) is 7.11 Å². The van der Waals surface area contributed by atoms with Gasteiger partial charge in [0.25, 0.3) is 0 Å². The second kappa shape index (κ2) is 6.90. The Morgan fingerprint density at radius 1 is 1.31 bits per heavy atom. The number of carbonyl (C=O) groups is 2. The fourth-order valence-corrected chi connectivity index (χ4v) is 3.87. The lowest BCUT2D eigenvalue weighted by Crippen LogP contribution is -2.49. The first kappa shape index (κ1) is 16.8. The molecule has 136 valence electrons. The summed E-state index contributed by atoms with van der Waals surface area (Å²) >= 11 is 0. The molecule has 7 heteroatoms. The SMILES string of the molecule is COc1nc2ccccc2nc1CCC(=O)N1CC[C@@H]2CC(=O)N[C@@H]2C1. The first-order valence-electron chi connectivity index (χ1n) is 9.01. The maximum absolute atomic E-state index is 12.6. The molecule has 0 bridgehead atoms. The lowest BCUT2D eigenvalue weighted by Gasteiger charge is -2.34. The predicted molar refractivity (Wildman–Crippen MR) is 95.6 cm³/mol. The van der Waals surface area contributed by atoms with Gasteiger partial charge < -0.3 is 15.0 Å². The summed E-state index contributed by atoms with van der Waals surface area (Å²) in [4.78, 5) is 35.1. The van der Waals surface area contributed by atoms with E-state index in [0.29, 0.717) is 43.3 Å². The average molecular weight is 354 g/mol. The normalized spacial score (nSPS) is 22.2. The maximum atomic E-state index is 12.6. The van der Waals surface area contributed by atoms with Crippen LogP contribution in [0.15, 0.2) is 24.3 Å². The van der Waals surface area contributed by atoms with Gasteiger partial charge in [-0.3, -0.25) is 9.59 Å². The summed E-state index contributed by atoms with van der Waals surface area (Å²) in [5.74, 6) is 1.03. The molecule has 2 atom stereocenters. The zero-order chi connectivity index (χ0) is 18.1. The number of methoxy groups -OCH3 is 1. The van der Waals surface area contributed by atoms with E-state index in [0.717, 1.165) is 24.0 Å². The number of hydrogen-bond donors (Lipinski definition) is 1. The molecular formula is C19H22N4O3. The van der Waals surface area contributed by atoms with Gasteiger partial charge in [-0.2, -0.15) is 0 Å². The van der Waals surface area contributed by atoms with Crippen LogP contribution in [0.2, 0.25) is 0 Å². The molecule has 0 radical (unpaired) electrons. The van der Waals surface area contributed by atoms with Crippen molar-refractivity contribution in [1.29, 1.82) is 0 Å². The monoisotopic (exact) mass is 354 g/mol. The Morgan fingerprint density at radius 2 is 2.08 bits per heavy atom. The maximum Gasteiger partial charge on any atom is 0.235 e. The Morgan fingerprint density at radius 3 is 2.85 bits per heavy atom. The molecule has 2 aliphatic rings. The minimum absolute atomic E-state index is 0.0848. The van der Waals surface area contributed by atoms with E-state index in [-0.39, 0.29) is 17.9 Å². The summed E-state index contributed by atoms with van der Waals surface area (Å²) in [6.45, 7) is 1.32. The number of fused-ring (bicyclic) bond motifs is 2. The fourth-order valence-electron chi connectivity index (χ4n) is 3.87. The molecular weight excluding hydrogens is 332 g/mol. The molecule has 7 nitrogen and oxygen atoms in total. The van der Waals surface area contributed by atoms with Crippen LogP contribution in [0.3, 0.4) is 0 Å². The van der Waals surface area contributed by atoms with Gasteiger partial charge in [0.05, 0.1) is 18.1 Å². The number of hydrogen-bond acceptors (Lipinski definition) is 5. The van der Waals surface area contributed by atoms with Crippen LogP contribution in [0, 0.1) is 5.92 Å². The minimum Gasteiger partial charge on any atom is -0.480 e. The van der Waals surface area contributed by atoms with Crippen molar-refractivity contribution in [3.05, 3.63) is 30.0 Å². The molecule has 0 spiro atoms. The van der Waals surface area contributed by atoms with E-state index in [1.807, 2.05) is 29.2 Å². The molecule has 3 heterocycles. The third-order valence-corrected chi connectivity index (χ3v) is 5.28. The van der Waals surface area contributed by atoms with Crippen molar-refractivity contribution >= 4 is 22.8 Å². The number of nitrogens with zero attached hydrogens (tertiary/aromatic N) is 3. The van der Waals surface area contributed by atoms with Crippen LogP contribution in [0.25, 0.3) is 11.0 Å². The highest BCUT2D eigenvalue weighted by atomic mass is 16.5. The molecule has 1 aromatic heterocycles. The molecule has 26 heavy (non-hydrogen) atoms. The van der Waals surface area contributed by atoms with Crippen LogP contribution in [-0.2, 0) is 16.0 Å². The number of para-hydroxylation sites is 2. The number of amides is 2. The summed E-state index contributed by atoms with van der Waals surface area (Å²) in [6.07, 6.45) is 2.32. The summed E-state index contributed by atoms with van der Waals surface area (Å²) in [5, 5.41) is 2.98. The number of rotatable bonds is 4. The number of nitrogens with one attached hydrogen (secondary N) is 1. The third-order valence-electron chi connectivity index (χ3n) is 5.28. The molecule has 2 aliphatic heterocycles. The van der Waals surface area contributed by atoms with Gasteiger partial charge in [0.2, 0.25) is 17.7 Å². The predicted octanol–water partition coefficient (Wildman–Crippen LogP) is 1.31. The average Bonchev–Trinajstić information content (AvgIpc) is 3.04. The van der Waals surface area contributed by atoms with Crippen LogP contribution in [-0.4, -0.2) is 52.9 Å². The summed E-state index contributed by atoms with van der Waals surface area (Å²) in [5.41, 5.74) is 2.27. The Hall–Kier alpha value is -2.70. The zero-order valence-electron chi connectivity index (χ0n) is 14.8. The Bertz CT molecular complexity index is 854. The second-order valence-electron chi connectivity index (χ2n) is 6.93. The molecule has 2 fully saturated rings. The van der Waals surface area contributed by atoms with Crippen molar-refractivity contribution in [2.75, 3.05) is 20.2 Å². The van der Waals surface area contributed by atoms with Gasteiger partial charge in [0, 0.05) is 38.4 Å². The summed E-state index contributed by atoms with van der Waals surface area (Å²) in [7, 11) is 1.57. The van der Waals surface area contributed by atoms with Crippen LogP contribution in [0.4, 0.5) is 0 Å². The molecule has 0 saturated carbocycles. The number of carbonyl (C=O) groups excluding carboxylic acids is 2. The Kier molecular flexibility index (Phi) is 4.44. The Balaban J connectivity index is 1.43. The Labute approximate surface area is 151 Å². The molecule has 4 rings (SSSR count). The van der Waals surface area contributed by atoms with E-state index < -0.39 is 0 Å². The van der Waals surface area contributed by atoms with Crippen molar-refractivity contribution in [1.82, 2.24) is 20.2 Å². The van der Waals surface area contributed by atoms with Gasteiger partial charge in [-0.25, -0.2) is 9.97 Å². The third kappa shape index (κ3) is 3.21. The van der Waals surface area contributed by atoms with E-state index in [2.05, 4.69) is 15.3 Å². The largest absolute Gasteiger partial charge is 0.480 e. The highest BCUT2D eigenvalue weighted by molar-refractivity contribution is 5.80. The minimum atomic E-state index is 0.0848. The molecule has 2 saturated heterocycles. The molecule has 1 N–H and O–H groups in total. The number of benzene rings is 1. The van der Waals surface area contributed by atoms with Crippen molar-refractivity contribution in [3.63, 3.8) is 0 Å². The molecule has 0 aliphatic carbocycles. The van der Waals surface area contributed by atoms with Gasteiger partial charge >= 0.3 is 0 Å². The van der Waals surface area contributed by atoms with Gasteiger partial charge in [-0.05, 0) is 24.5 Å².